The number of amides is 1. The van der Waals surface area contributed by atoms with E-state index in [0.29, 0.717) is 24.3 Å². The average Bonchev–Trinajstić information content (AvgIpc) is 2.99. The molecule has 0 bridgehead atoms. The first kappa shape index (κ1) is 12.6. The molecule has 0 aromatic carbocycles. The van der Waals surface area contributed by atoms with Crippen molar-refractivity contribution in [1.29, 1.82) is 0 Å². The lowest BCUT2D eigenvalue weighted by Crippen LogP contribution is -2.33. The third-order valence-corrected chi connectivity index (χ3v) is 4.03. The van der Waals surface area contributed by atoms with Crippen molar-refractivity contribution in [3.8, 4) is 0 Å². The standard InChI is InChI=1S/C12H18N4O3/c1-7-14-15-12(19-7)13-11(18)6-16-4-8-2-3-10(17)9(8)5-16/h8-10,17H,2-6H2,1H3,(H,13,15,18). The molecule has 1 aromatic heterocycles. The van der Waals surface area contributed by atoms with Gasteiger partial charge in [-0.15, -0.1) is 5.10 Å². The number of hydrogen-bond acceptors (Lipinski definition) is 6. The van der Waals surface area contributed by atoms with Crippen molar-refractivity contribution < 1.29 is 14.3 Å². The predicted molar refractivity (Wildman–Crippen MR) is 66.3 cm³/mol. The molecule has 1 saturated carbocycles. The number of aryl methyl sites for hydroxylation is 1. The monoisotopic (exact) mass is 266 g/mol. The lowest BCUT2D eigenvalue weighted by atomic mass is 10.00. The van der Waals surface area contributed by atoms with E-state index in [4.69, 9.17) is 4.42 Å². The highest BCUT2D eigenvalue weighted by Gasteiger charge is 2.42. The molecule has 3 atom stereocenters. The van der Waals surface area contributed by atoms with Gasteiger partial charge >= 0.3 is 6.01 Å². The summed E-state index contributed by atoms with van der Waals surface area (Å²) in [6.45, 7) is 3.66. The summed E-state index contributed by atoms with van der Waals surface area (Å²) < 4.78 is 5.10. The van der Waals surface area contributed by atoms with Crippen LogP contribution in [-0.4, -0.2) is 51.8 Å². The predicted octanol–water partition coefficient (Wildman–Crippen LogP) is 0.0192. The van der Waals surface area contributed by atoms with Gasteiger partial charge < -0.3 is 9.52 Å². The number of anilines is 1. The van der Waals surface area contributed by atoms with Gasteiger partial charge in [-0.1, -0.05) is 5.10 Å². The first-order chi connectivity index (χ1) is 9.11. The van der Waals surface area contributed by atoms with Crippen LogP contribution in [0.3, 0.4) is 0 Å². The molecule has 1 amide bonds. The van der Waals surface area contributed by atoms with Gasteiger partial charge in [-0.2, -0.15) is 0 Å². The molecule has 1 aliphatic heterocycles. The van der Waals surface area contributed by atoms with Crippen LogP contribution in [0.4, 0.5) is 6.01 Å². The average molecular weight is 266 g/mol. The zero-order valence-electron chi connectivity index (χ0n) is 10.9. The summed E-state index contributed by atoms with van der Waals surface area (Å²) in [5, 5.41) is 19.8. The second-order valence-electron chi connectivity index (χ2n) is 5.44. The molecule has 2 aliphatic rings. The first-order valence-corrected chi connectivity index (χ1v) is 6.62. The smallest absolute Gasteiger partial charge is 0.322 e. The molecule has 3 rings (SSSR count). The summed E-state index contributed by atoms with van der Waals surface area (Å²) in [6, 6.07) is 0.141. The Balaban J connectivity index is 1.51. The fraction of sp³-hybridized carbons (Fsp3) is 0.750. The quantitative estimate of drug-likeness (QED) is 0.801. The summed E-state index contributed by atoms with van der Waals surface area (Å²) >= 11 is 0. The van der Waals surface area contributed by atoms with Crippen molar-refractivity contribution >= 4 is 11.9 Å². The summed E-state index contributed by atoms with van der Waals surface area (Å²) in [7, 11) is 0. The fourth-order valence-electron chi connectivity index (χ4n) is 3.17. The number of nitrogens with one attached hydrogen (secondary N) is 1. The molecular formula is C12H18N4O3. The van der Waals surface area contributed by atoms with Crippen LogP contribution in [0.2, 0.25) is 0 Å². The van der Waals surface area contributed by atoms with Crippen LogP contribution in [-0.2, 0) is 4.79 Å². The van der Waals surface area contributed by atoms with Crippen molar-refractivity contribution in [3.63, 3.8) is 0 Å². The van der Waals surface area contributed by atoms with E-state index in [-0.39, 0.29) is 18.0 Å². The molecule has 19 heavy (non-hydrogen) atoms. The van der Waals surface area contributed by atoms with Gasteiger partial charge in [0.05, 0.1) is 12.6 Å². The van der Waals surface area contributed by atoms with Gasteiger partial charge in [-0.25, -0.2) is 0 Å². The van der Waals surface area contributed by atoms with E-state index >= 15 is 0 Å². The minimum absolute atomic E-state index is 0.141. The van der Waals surface area contributed by atoms with Crippen molar-refractivity contribution in [3.05, 3.63) is 5.89 Å². The molecule has 7 nitrogen and oxygen atoms in total. The van der Waals surface area contributed by atoms with E-state index in [9.17, 15) is 9.90 Å². The number of carbonyl (C=O) groups excluding carboxylic acids is 1. The molecule has 1 saturated heterocycles. The number of aliphatic hydroxyl groups is 1. The van der Waals surface area contributed by atoms with Crippen molar-refractivity contribution in [2.45, 2.75) is 25.9 Å². The maximum absolute atomic E-state index is 11.8. The third kappa shape index (κ3) is 2.62. The topological polar surface area (TPSA) is 91.5 Å². The van der Waals surface area contributed by atoms with Gasteiger partial charge in [0.2, 0.25) is 11.8 Å². The van der Waals surface area contributed by atoms with Crippen LogP contribution in [0.15, 0.2) is 4.42 Å². The van der Waals surface area contributed by atoms with E-state index < -0.39 is 0 Å². The Morgan fingerprint density at radius 3 is 3.00 bits per heavy atom. The van der Waals surface area contributed by atoms with Gasteiger partial charge in [0, 0.05) is 25.9 Å². The molecular weight excluding hydrogens is 248 g/mol. The first-order valence-electron chi connectivity index (χ1n) is 6.62. The van der Waals surface area contributed by atoms with Crippen LogP contribution in [0.1, 0.15) is 18.7 Å². The van der Waals surface area contributed by atoms with Gasteiger partial charge in [-0.3, -0.25) is 15.0 Å². The van der Waals surface area contributed by atoms with E-state index in [2.05, 4.69) is 20.4 Å². The Labute approximate surface area is 111 Å². The summed E-state index contributed by atoms with van der Waals surface area (Å²) in [5.74, 6) is 1.14. The highest BCUT2D eigenvalue weighted by Crippen LogP contribution is 2.37. The van der Waals surface area contributed by atoms with E-state index in [1.165, 1.54) is 0 Å². The third-order valence-electron chi connectivity index (χ3n) is 4.03. The Morgan fingerprint density at radius 2 is 2.32 bits per heavy atom. The van der Waals surface area contributed by atoms with E-state index in [1.54, 1.807) is 6.92 Å². The molecule has 2 N–H and O–H groups in total. The van der Waals surface area contributed by atoms with Crippen LogP contribution >= 0.6 is 0 Å². The molecule has 104 valence electrons. The molecule has 2 fully saturated rings. The normalized spacial score (nSPS) is 30.5. The Hall–Kier alpha value is -1.47. The van der Waals surface area contributed by atoms with Crippen LogP contribution in [0, 0.1) is 18.8 Å². The second kappa shape index (κ2) is 4.90. The highest BCUT2D eigenvalue weighted by atomic mass is 16.4. The Kier molecular flexibility index (Phi) is 3.24. The fourth-order valence-corrected chi connectivity index (χ4v) is 3.17. The summed E-state index contributed by atoms with van der Waals surface area (Å²) in [4.78, 5) is 13.9. The number of fused-ring (bicyclic) bond motifs is 1. The number of hydrogen-bond donors (Lipinski definition) is 2. The maximum Gasteiger partial charge on any atom is 0.322 e. The molecule has 0 spiro atoms. The zero-order valence-corrected chi connectivity index (χ0v) is 10.9. The molecule has 2 heterocycles. The van der Waals surface area contributed by atoms with E-state index in [1.807, 2.05) is 0 Å². The van der Waals surface area contributed by atoms with Crippen molar-refractivity contribution in [1.82, 2.24) is 15.1 Å². The Bertz CT molecular complexity index is 475. The SMILES string of the molecule is Cc1nnc(NC(=O)CN2CC3CCC(O)C3C2)o1. The molecule has 1 aromatic rings. The van der Waals surface area contributed by atoms with Crippen molar-refractivity contribution in [2.24, 2.45) is 11.8 Å². The molecule has 1 aliphatic carbocycles. The lowest BCUT2D eigenvalue weighted by Gasteiger charge is -2.16. The second-order valence-corrected chi connectivity index (χ2v) is 5.44. The maximum atomic E-state index is 11.8. The van der Waals surface area contributed by atoms with Gasteiger partial charge in [-0.05, 0) is 18.8 Å². The number of likely N-dealkylation sites (tertiary alicyclic amines) is 1. The Morgan fingerprint density at radius 1 is 1.47 bits per heavy atom. The number of carbonyl (C=O) groups is 1. The lowest BCUT2D eigenvalue weighted by molar-refractivity contribution is -0.117. The van der Waals surface area contributed by atoms with Crippen LogP contribution in [0.5, 0.6) is 0 Å². The minimum Gasteiger partial charge on any atom is -0.408 e. The summed E-state index contributed by atoms with van der Waals surface area (Å²) in [5.41, 5.74) is 0. The molecule has 0 radical (unpaired) electrons. The summed E-state index contributed by atoms with van der Waals surface area (Å²) in [6.07, 6.45) is 1.76. The van der Waals surface area contributed by atoms with Crippen LogP contribution in [0.25, 0.3) is 0 Å². The van der Waals surface area contributed by atoms with Gasteiger partial charge in [0.25, 0.3) is 0 Å². The molecule has 3 unspecified atom stereocenters. The van der Waals surface area contributed by atoms with Crippen LogP contribution < -0.4 is 5.32 Å². The largest absolute Gasteiger partial charge is 0.408 e. The number of nitrogens with zero attached hydrogens (tertiary/aromatic N) is 3. The van der Waals surface area contributed by atoms with E-state index in [0.717, 1.165) is 25.9 Å². The minimum atomic E-state index is -0.198. The van der Waals surface area contributed by atoms with Crippen molar-refractivity contribution in [2.75, 3.05) is 25.0 Å². The highest BCUT2D eigenvalue weighted by molar-refractivity contribution is 5.90. The van der Waals surface area contributed by atoms with Gasteiger partial charge in [0.15, 0.2) is 0 Å². The zero-order chi connectivity index (χ0) is 13.4. The number of aromatic nitrogens is 2. The number of aliphatic hydroxyl groups excluding tert-OH is 1. The number of rotatable bonds is 3. The molecule has 7 heteroatoms. The van der Waals surface area contributed by atoms with Gasteiger partial charge in [0.1, 0.15) is 0 Å².